The number of aromatic nitrogens is 3. The van der Waals surface area contributed by atoms with Crippen molar-refractivity contribution >= 4 is 39.6 Å². The fraction of sp³-hybridized carbons (Fsp3) is 0.320. The predicted octanol–water partition coefficient (Wildman–Crippen LogP) is 4.67. The summed E-state index contributed by atoms with van der Waals surface area (Å²) >= 11 is 1.35. The Labute approximate surface area is 190 Å². The summed E-state index contributed by atoms with van der Waals surface area (Å²) in [5.41, 5.74) is 3.64. The van der Waals surface area contributed by atoms with Crippen LogP contribution in [-0.4, -0.2) is 44.2 Å². The van der Waals surface area contributed by atoms with Crippen molar-refractivity contribution in [2.24, 2.45) is 0 Å². The second kappa shape index (κ2) is 8.82. The van der Waals surface area contributed by atoms with Gasteiger partial charge in [0.15, 0.2) is 5.16 Å². The first-order valence-electron chi connectivity index (χ1n) is 11.1. The van der Waals surface area contributed by atoms with E-state index in [0.717, 1.165) is 48.1 Å². The Morgan fingerprint density at radius 2 is 1.75 bits per heavy atom. The minimum Gasteiger partial charge on any atom is -0.349 e. The van der Waals surface area contributed by atoms with E-state index in [1.807, 2.05) is 60.4 Å². The maximum Gasteiger partial charge on any atom is 0.283 e. The summed E-state index contributed by atoms with van der Waals surface area (Å²) in [6.45, 7) is 3.62. The van der Waals surface area contributed by atoms with Gasteiger partial charge in [-0.2, -0.15) is 0 Å². The molecule has 1 N–H and O–H groups in total. The van der Waals surface area contributed by atoms with Crippen molar-refractivity contribution in [3.05, 3.63) is 64.4 Å². The SMILES string of the molecule is Cc1ccccc1-n1c(SCC(=O)N2CCCCCC2)nc2c([nH]c3ccccc32)c1=O. The van der Waals surface area contributed by atoms with E-state index < -0.39 is 0 Å². The zero-order valence-corrected chi connectivity index (χ0v) is 19.0. The summed E-state index contributed by atoms with van der Waals surface area (Å²) < 4.78 is 1.65. The Balaban J connectivity index is 1.60. The number of fused-ring (bicyclic) bond motifs is 3. The fourth-order valence-electron chi connectivity index (χ4n) is 4.40. The number of benzene rings is 2. The summed E-state index contributed by atoms with van der Waals surface area (Å²) in [6, 6.07) is 15.6. The van der Waals surface area contributed by atoms with Crippen LogP contribution in [0.25, 0.3) is 27.6 Å². The minimum absolute atomic E-state index is 0.113. The molecule has 0 unspecified atom stereocenters. The summed E-state index contributed by atoms with van der Waals surface area (Å²) in [5, 5.41) is 1.46. The molecule has 0 saturated carbocycles. The number of amides is 1. The molecular weight excluding hydrogens is 420 g/mol. The van der Waals surface area contributed by atoms with Gasteiger partial charge in [-0.05, 0) is 37.5 Å². The first-order valence-corrected chi connectivity index (χ1v) is 12.1. The van der Waals surface area contributed by atoms with Crippen LogP contribution in [0.3, 0.4) is 0 Å². The number of nitrogens with zero attached hydrogens (tertiary/aromatic N) is 3. The number of hydrogen-bond donors (Lipinski definition) is 1. The quantitative estimate of drug-likeness (QED) is 0.365. The maximum absolute atomic E-state index is 13.6. The molecule has 2 aromatic carbocycles. The second-order valence-corrected chi connectivity index (χ2v) is 9.24. The Kier molecular flexibility index (Phi) is 5.74. The van der Waals surface area contributed by atoms with Gasteiger partial charge in [0.1, 0.15) is 11.0 Å². The Bertz CT molecular complexity index is 1350. The second-order valence-electron chi connectivity index (χ2n) is 8.30. The van der Waals surface area contributed by atoms with E-state index in [4.69, 9.17) is 4.98 Å². The lowest BCUT2D eigenvalue weighted by Crippen LogP contribution is -2.33. The maximum atomic E-state index is 13.6. The molecular formula is C25H26N4O2S. The molecule has 0 atom stereocenters. The van der Waals surface area contributed by atoms with E-state index in [0.29, 0.717) is 16.2 Å². The number of aromatic amines is 1. The molecule has 3 heterocycles. The monoisotopic (exact) mass is 446 g/mol. The molecule has 7 heteroatoms. The predicted molar refractivity (Wildman–Crippen MR) is 130 cm³/mol. The molecule has 6 nitrogen and oxygen atoms in total. The molecule has 0 bridgehead atoms. The number of rotatable bonds is 4. The number of nitrogens with one attached hydrogen (secondary N) is 1. The van der Waals surface area contributed by atoms with E-state index >= 15 is 0 Å². The number of carbonyl (C=O) groups is 1. The number of thioether (sulfide) groups is 1. The average molecular weight is 447 g/mol. The van der Waals surface area contributed by atoms with Crippen molar-refractivity contribution in [3.63, 3.8) is 0 Å². The lowest BCUT2D eigenvalue weighted by Gasteiger charge is -2.20. The molecule has 1 amide bonds. The van der Waals surface area contributed by atoms with E-state index in [2.05, 4.69) is 4.98 Å². The number of hydrogen-bond acceptors (Lipinski definition) is 4. The van der Waals surface area contributed by atoms with Gasteiger partial charge in [0.2, 0.25) is 5.91 Å². The van der Waals surface area contributed by atoms with E-state index in [-0.39, 0.29) is 17.2 Å². The smallest absolute Gasteiger partial charge is 0.283 e. The van der Waals surface area contributed by atoms with Crippen LogP contribution in [0.4, 0.5) is 0 Å². The number of aryl methyl sites for hydroxylation is 1. The highest BCUT2D eigenvalue weighted by Crippen LogP contribution is 2.27. The number of para-hydroxylation sites is 2. The van der Waals surface area contributed by atoms with Gasteiger partial charge in [-0.25, -0.2) is 4.98 Å². The molecule has 32 heavy (non-hydrogen) atoms. The summed E-state index contributed by atoms with van der Waals surface area (Å²) in [6.07, 6.45) is 4.48. The van der Waals surface area contributed by atoms with Crippen molar-refractivity contribution in [2.45, 2.75) is 37.8 Å². The van der Waals surface area contributed by atoms with Crippen LogP contribution >= 0.6 is 11.8 Å². The van der Waals surface area contributed by atoms with Gasteiger partial charge in [-0.1, -0.05) is 61.0 Å². The molecule has 4 aromatic rings. The Morgan fingerprint density at radius 1 is 1.03 bits per heavy atom. The average Bonchev–Trinajstić information content (AvgIpc) is 2.97. The zero-order chi connectivity index (χ0) is 22.1. The van der Waals surface area contributed by atoms with Crippen LogP contribution in [0.1, 0.15) is 31.2 Å². The largest absolute Gasteiger partial charge is 0.349 e. The summed E-state index contributed by atoms with van der Waals surface area (Å²) in [7, 11) is 0. The van der Waals surface area contributed by atoms with Crippen molar-refractivity contribution in [2.75, 3.05) is 18.8 Å². The molecule has 1 aliphatic rings. The van der Waals surface area contributed by atoms with Gasteiger partial charge in [0, 0.05) is 24.0 Å². The third-order valence-electron chi connectivity index (χ3n) is 6.13. The standard InChI is InChI=1S/C25H26N4O2S/c1-17-10-4-7-13-20(17)29-24(31)23-22(18-11-5-6-12-19(18)26-23)27-25(29)32-16-21(30)28-14-8-2-3-9-15-28/h4-7,10-13,26H,2-3,8-9,14-16H2,1H3. The lowest BCUT2D eigenvalue weighted by molar-refractivity contribution is -0.128. The van der Waals surface area contributed by atoms with E-state index in [1.165, 1.54) is 24.6 Å². The summed E-state index contributed by atoms with van der Waals surface area (Å²) in [5.74, 6) is 0.383. The molecule has 1 saturated heterocycles. The van der Waals surface area contributed by atoms with Gasteiger partial charge in [0.05, 0.1) is 11.4 Å². The van der Waals surface area contributed by atoms with Crippen LogP contribution in [0.15, 0.2) is 58.5 Å². The fourth-order valence-corrected chi connectivity index (χ4v) is 5.30. The first kappa shape index (κ1) is 20.8. The highest BCUT2D eigenvalue weighted by Gasteiger charge is 2.21. The van der Waals surface area contributed by atoms with Crippen LogP contribution < -0.4 is 5.56 Å². The zero-order valence-electron chi connectivity index (χ0n) is 18.1. The third kappa shape index (κ3) is 3.81. The highest BCUT2D eigenvalue weighted by atomic mass is 32.2. The van der Waals surface area contributed by atoms with Gasteiger partial charge in [-0.15, -0.1) is 0 Å². The van der Waals surface area contributed by atoms with Crippen molar-refractivity contribution in [1.82, 2.24) is 19.4 Å². The molecule has 5 rings (SSSR count). The normalized spacial score (nSPS) is 14.7. The first-order chi connectivity index (χ1) is 15.6. The number of H-pyrrole nitrogens is 1. The molecule has 1 aliphatic heterocycles. The van der Waals surface area contributed by atoms with E-state index in [9.17, 15) is 9.59 Å². The van der Waals surface area contributed by atoms with Crippen LogP contribution in [-0.2, 0) is 4.79 Å². The summed E-state index contributed by atoms with van der Waals surface area (Å²) in [4.78, 5) is 36.7. The molecule has 1 fully saturated rings. The lowest BCUT2D eigenvalue weighted by atomic mass is 10.2. The minimum atomic E-state index is -0.148. The topological polar surface area (TPSA) is 71.0 Å². The van der Waals surface area contributed by atoms with Crippen LogP contribution in [0.2, 0.25) is 0 Å². The molecule has 0 aliphatic carbocycles. The molecule has 164 valence electrons. The molecule has 0 spiro atoms. The van der Waals surface area contributed by atoms with Gasteiger partial charge >= 0.3 is 0 Å². The van der Waals surface area contributed by atoms with E-state index in [1.54, 1.807) is 4.57 Å². The van der Waals surface area contributed by atoms with Crippen LogP contribution in [0.5, 0.6) is 0 Å². The Morgan fingerprint density at radius 3 is 2.53 bits per heavy atom. The Hall–Kier alpha value is -3.06. The van der Waals surface area contributed by atoms with Crippen LogP contribution in [0, 0.1) is 6.92 Å². The highest BCUT2D eigenvalue weighted by molar-refractivity contribution is 7.99. The van der Waals surface area contributed by atoms with Crippen molar-refractivity contribution in [1.29, 1.82) is 0 Å². The van der Waals surface area contributed by atoms with Crippen molar-refractivity contribution in [3.8, 4) is 5.69 Å². The van der Waals surface area contributed by atoms with Gasteiger partial charge in [-0.3, -0.25) is 14.2 Å². The number of carbonyl (C=O) groups excluding carboxylic acids is 1. The van der Waals surface area contributed by atoms with Gasteiger partial charge < -0.3 is 9.88 Å². The number of likely N-dealkylation sites (tertiary alicyclic amines) is 1. The third-order valence-corrected chi connectivity index (χ3v) is 7.06. The van der Waals surface area contributed by atoms with Gasteiger partial charge in [0.25, 0.3) is 5.56 Å². The van der Waals surface area contributed by atoms with Crippen molar-refractivity contribution < 1.29 is 4.79 Å². The molecule has 0 radical (unpaired) electrons. The molecule has 2 aromatic heterocycles.